The number of benzene rings is 1. The number of hydrogen-bond donors (Lipinski definition) is 1. The molecule has 2 aliphatic carbocycles. The van der Waals surface area contributed by atoms with Crippen LogP contribution in [-0.2, 0) is 9.59 Å². The molecule has 2 amide bonds. The zero-order valence-electron chi connectivity index (χ0n) is 17.5. The number of amides is 2. The summed E-state index contributed by atoms with van der Waals surface area (Å²) in [6, 6.07) is 8.34. The van der Waals surface area contributed by atoms with E-state index in [1.807, 2.05) is 4.90 Å². The first-order valence-electron chi connectivity index (χ1n) is 10.9. The van der Waals surface area contributed by atoms with Crippen molar-refractivity contribution < 1.29 is 14.7 Å². The molecular formula is C24H32N2O3. The van der Waals surface area contributed by atoms with Gasteiger partial charge in [0.1, 0.15) is 0 Å². The maximum atomic E-state index is 12.9. The monoisotopic (exact) mass is 396 g/mol. The van der Waals surface area contributed by atoms with Crippen LogP contribution in [0.3, 0.4) is 0 Å². The molecule has 1 saturated carbocycles. The Bertz CT molecular complexity index is 797. The molecule has 1 aliphatic heterocycles. The normalized spacial score (nSPS) is 26.1. The van der Waals surface area contributed by atoms with Gasteiger partial charge in [0.15, 0.2) is 0 Å². The highest BCUT2D eigenvalue weighted by Gasteiger charge is 2.51. The molecule has 0 bridgehead atoms. The van der Waals surface area contributed by atoms with E-state index in [9.17, 15) is 14.7 Å². The number of aliphatic hydroxyl groups is 1. The van der Waals surface area contributed by atoms with Crippen LogP contribution in [0.5, 0.6) is 0 Å². The first-order chi connectivity index (χ1) is 14.0. The molecular weight excluding hydrogens is 364 g/mol. The highest BCUT2D eigenvalue weighted by molar-refractivity contribution is 5.79. The Morgan fingerprint density at radius 2 is 1.90 bits per heavy atom. The van der Waals surface area contributed by atoms with Crippen LogP contribution < -0.4 is 0 Å². The number of rotatable bonds is 7. The van der Waals surface area contributed by atoms with E-state index in [4.69, 9.17) is 0 Å². The topological polar surface area (TPSA) is 60.9 Å². The molecule has 1 N–H and O–H groups in total. The average molecular weight is 397 g/mol. The summed E-state index contributed by atoms with van der Waals surface area (Å²) in [6.07, 6.45) is 8.66. The van der Waals surface area contributed by atoms with E-state index >= 15 is 0 Å². The zero-order chi connectivity index (χ0) is 20.5. The Hall–Kier alpha value is -2.14. The molecule has 3 aliphatic rings. The maximum Gasteiger partial charge on any atom is 0.223 e. The minimum atomic E-state index is -0.205. The second-order valence-electron chi connectivity index (χ2n) is 8.93. The molecule has 0 radical (unpaired) electrons. The number of carbonyl (C=O) groups is 2. The highest BCUT2D eigenvalue weighted by atomic mass is 16.3. The van der Waals surface area contributed by atoms with Gasteiger partial charge >= 0.3 is 0 Å². The lowest BCUT2D eigenvalue weighted by molar-refractivity contribution is -0.154. The van der Waals surface area contributed by atoms with E-state index in [1.54, 1.807) is 18.9 Å². The molecule has 5 heteroatoms. The van der Waals surface area contributed by atoms with Crippen LogP contribution in [0.2, 0.25) is 0 Å². The largest absolute Gasteiger partial charge is 0.394 e. The smallest absolute Gasteiger partial charge is 0.223 e. The van der Waals surface area contributed by atoms with Crippen molar-refractivity contribution in [3.63, 3.8) is 0 Å². The van der Waals surface area contributed by atoms with Crippen LogP contribution in [0.1, 0.15) is 62.5 Å². The predicted octanol–water partition coefficient (Wildman–Crippen LogP) is 3.19. The van der Waals surface area contributed by atoms with E-state index in [2.05, 4.69) is 30.3 Å². The number of hydrogen-bond acceptors (Lipinski definition) is 3. The summed E-state index contributed by atoms with van der Waals surface area (Å²) in [5.74, 6) is 0.675. The molecule has 3 atom stereocenters. The molecule has 156 valence electrons. The highest BCUT2D eigenvalue weighted by Crippen LogP contribution is 2.43. The molecule has 2 fully saturated rings. The van der Waals surface area contributed by atoms with E-state index in [-0.39, 0.29) is 36.4 Å². The van der Waals surface area contributed by atoms with Gasteiger partial charge in [0.2, 0.25) is 11.8 Å². The second-order valence-corrected chi connectivity index (χ2v) is 8.93. The first kappa shape index (κ1) is 20.1. The van der Waals surface area contributed by atoms with Crippen molar-refractivity contribution in [2.24, 2.45) is 5.92 Å². The summed E-state index contributed by atoms with van der Waals surface area (Å²) in [7, 11) is 1.78. The molecule has 0 unspecified atom stereocenters. The molecule has 1 aromatic rings. The van der Waals surface area contributed by atoms with Crippen LogP contribution >= 0.6 is 0 Å². The second kappa shape index (κ2) is 8.31. The lowest BCUT2D eigenvalue weighted by Gasteiger charge is -2.56. The van der Waals surface area contributed by atoms with Crippen molar-refractivity contribution in [2.75, 3.05) is 20.2 Å². The Labute approximate surface area is 173 Å². The lowest BCUT2D eigenvalue weighted by Crippen LogP contribution is -2.68. The number of likely N-dealkylation sites (N-methyl/N-ethyl adjacent to an activating group) is 1. The van der Waals surface area contributed by atoms with Gasteiger partial charge in [0.25, 0.3) is 0 Å². The quantitative estimate of drug-likeness (QED) is 0.770. The number of aliphatic hydroxyl groups excluding tert-OH is 1. The molecule has 0 aromatic heterocycles. The maximum absolute atomic E-state index is 12.9. The third-order valence-electron chi connectivity index (χ3n) is 6.88. The summed E-state index contributed by atoms with van der Waals surface area (Å²) in [5.41, 5.74) is 3.83. The van der Waals surface area contributed by atoms with E-state index in [0.29, 0.717) is 18.9 Å². The lowest BCUT2D eigenvalue weighted by atomic mass is 9.74. The van der Waals surface area contributed by atoms with E-state index < -0.39 is 0 Å². The van der Waals surface area contributed by atoms with Gasteiger partial charge in [-0.05, 0) is 54.7 Å². The van der Waals surface area contributed by atoms with Gasteiger partial charge in [-0.1, -0.05) is 30.3 Å². The van der Waals surface area contributed by atoms with Gasteiger partial charge in [-0.2, -0.15) is 0 Å². The van der Waals surface area contributed by atoms with Crippen molar-refractivity contribution in [1.82, 2.24) is 9.80 Å². The SMILES string of the molecule is CC(=O)N(C)C[C@H]1[C@@H](c2ccc(C3=CCCC3)cc2)[C@@H](CO)N1C(=O)CC1CC1. The average Bonchev–Trinajstić information content (AvgIpc) is 3.33. The molecule has 29 heavy (non-hydrogen) atoms. The number of likely N-dealkylation sites (tertiary alicyclic amines) is 1. The predicted molar refractivity (Wildman–Crippen MR) is 113 cm³/mol. The van der Waals surface area contributed by atoms with Gasteiger partial charge in [-0.3, -0.25) is 9.59 Å². The minimum Gasteiger partial charge on any atom is -0.394 e. The van der Waals surface area contributed by atoms with Gasteiger partial charge in [0.05, 0.1) is 18.7 Å². The first-order valence-corrected chi connectivity index (χ1v) is 10.9. The van der Waals surface area contributed by atoms with Gasteiger partial charge < -0.3 is 14.9 Å². The summed E-state index contributed by atoms with van der Waals surface area (Å²) < 4.78 is 0. The van der Waals surface area contributed by atoms with Crippen molar-refractivity contribution in [3.05, 3.63) is 41.5 Å². The molecule has 5 nitrogen and oxygen atoms in total. The summed E-state index contributed by atoms with van der Waals surface area (Å²) in [6.45, 7) is 2.01. The minimum absolute atomic E-state index is 0.00527. The fraction of sp³-hybridized carbons (Fsp3) is 0.583. The molecule has 4 rings (SSSR count). The van der Waals surface area contributed by atoms with E-state index in [1.165, 1.54) is 17.6 Å². The number of nitrogens with zero attached hydrogens (tertiary/aromatic N) is 2. The van der Waals surface area contributed by atoms with Crippen molar-refractivity contribution in [2.45, 2.75) is 63.5 Å². The Morgan fingerprint density at radius 3 is 2.45 bits per heavy atom. The fourth-order valence-corrected chi connectivity index (χ4v) is 4.90. The summed E-state index contributed by atoms with van der Waals surface area (Å²) >= 11 is 0. The van der Waals surface area contributed by atoms with Crippen LogP contribution in [0, 0.1) is 5.92 Å². The zero-order valence-corrected chi connectivity index (χ0v) is 17.5. The van der Waals surface area contributed by atoms with Crippen LogP contribution in [0.25, 0.3) is 5.57 Å². The Morgan fingerprint density at radius 1 is 1.17 bits per heavy atom. The van der Waals surface area contributed by atoms with E-state index in [0.717, 1.165) is 31.2 Å². The molecule has 1 saturated heterocycles. The molecule has 1 heterocycles. The third-order valence-corrected chi connectivity index (χ3v) is 6.88. The molecule has 1 aromatic carbocycles. The Balaban J connectivity index is 1.56. The van der Waals surface area contributed by atoms with Gasteiger partial charge in [-0.25, -0.2) is 0 Å². The fourth-order valence-electron chi connectivity index (χ4n) is 4.90. The Kier molecular flexibility index (Phi) is 5.77. The van der Waals surface area contributed by atoms with Crippen molar-refractivity contribution >= 4 is 17.4 Å². The van der Waals surface area contributed by atoms with Gasteiger partial charge in [-0.15, -0.1) is 0 Å². The van der Waals surface area contributed by atoms with Gasteiger partial charge in [0, 0.05) is 32.9 Å². The summed E-state index contributed by atoms with van der Waals surface area (Å²) in [4.78, 5) is 28.3. The summed E-state index contributed by atoms with van der Waals surface area (Å²) in [5, 5.41) is 10.1. The van der Waals surface area contributed by atoms with Crippen LogP contribution in [-0.4, -0.2) is 59.0 Å². The van der Waals surface area contributed by atoms with Crippen LogP contribution in [0.15, 0.2) is 30.3 Å². The number of carbonyl (C=O) groups excluding carboxylic acids is 2. The molecule has 0 spiro atoms. The standard InChI is InChI=1S/C24H32N2O3/c1-16(28)25(2)14-21-24(22(15-27)26(21)23(29)13-17-7-8-17)20-11-9-19(10-12-20)18-5-3-4-6-18/h5,9-12,17,21-22,24,27H,3-4,6-8,13-15H2,1-2H3/t21-,22+,24+/m0/s1. The number of allylic oxidation sites excluding steroid dienone is 2. The van der Waals surface area contributed by atoms with Crippen molar-refractivity contribution in [1.29, 1.82) is 0 Å². The van der Waals surface area contributed by atoms with Crippen molar-refractivity contribution in [3.8, 4) is 0 Å². The third kappa shape index (κ3) is 4.11. The van der Waals surface area contributed by atoms with Crippen LogP contribution in [0.4, 0.5) is 0 Å².